The van der Waals surface area contributed by atoms with Gasteiger partial charge in [-0.2, -0.15) is 0 Å². The Labute approximate surface area is 429 Å². The molecule has 0 heterocycles. The Kier molecular flexibility index (Phi) is 37.6. The third kappa shape index (κ3) is 26.2. The SMILES string of the molecule is CNCCCC[C@H](NC(=O)[C@H](CCCCN(C[C@H](O)[C@@H](O)[C@H](O)[C@H](O)CO)C[C@H](O)[C@@H](O)[C@H](O)[C@H](O)CO)NC)C(=O)N[C@@H](CCCCN(C[C@H](O)[C@@H](O)[C@H](O)[C@H](O)CO)C[C@H](O)[C@@H](O)[C@H](O)[C@H](O)CO)C(=O)O. The number of nitrogens with one attached hydrogen (secondary N) is 4. The number of carbonyl (C=O) groups is 3. The minimum atomic E-state index is -2.03. The van der Waals surface area contributed by atoms with Crippen molar-refractivity contribution in [3.8, 4) is 0 Å². The number of aliphatic carboxylic acids is 1. The molecule has 74 heavy (non-hydrogen) atoms. The normalized spacial score (nSPS) is 20.1. The fraction of sp³-hybridized carbons (Fsp3) is 0.932. The van der Waals surface area contributed by atoms with Gasteiger partial charge >= 0.3 is 5.97 Å². The van der Waals surface area contributed by atoms with Crippen LogP contribution in [0.5, 0.6) is 0 Å². The lowest BCUT2D eigenvalue weighted by molar-refractivity contribution is -0.142. The van der Waals surface area contributed by atoms with Crippen LogP contribution >= 0.6 is 0 Å². The summed E-state index contributed by atoms with van der Waals surface area (Å²) in [6, 6.07) is -3.68. The second kappa shape index (κ2) is 38.9. The molecule has 0 saturated carbocycles. The van der Waals surface area contributed by atoms with Gasteiger partial charge in [0.05, 0.1) is 56.9 Å². The third-order valence-electron chi connectivity index (χ3n) is 12.6. The summed E-state index contributed by atoms with van der Waals surface area (Å²) in [6.45, 7) is -5.54. The molecule has 0 aromatic rings. The van der Waals surface area contributed by atoms with Crippen molar-refractivity contribution in [2.45, 2.75) is 174 Å². The molecule has 0 rings (SSSR count). The first-order chi connectivity index (χ1) is 34.8. The van der Waals surface area contributed by atoms with Crippen LogP contribution in [0.25, 0.3) is 0 Å². The zero-order chi connectivity index (χ0) is 56.8. The van der Waals surface area contributed by atoms with E-state index in [4.69, 9.17) is 20.4 Å². The van der Waals surface area contributed by atoms with Gasteiger partial charge < -0.3 is 129 Å². The van der Waals surface area contributed by atoms with Crippen molar-refractivity contribution < 1.29 is 122 Å². The van der Waals surface area contributed by atoms with Gasteiger partial charge in [0, 0.05) is 26.2 Å². The van der Waals surface area contributed by atoms with E-state index < -0.39 is 186 Å². The van der Waals surface area contributed by atoms with Crippen molar-refractivity contribution in [2.24, 2.45) is 0 Å². The molecule has 0 aromatic heterocycles. The highest BCUT2D eigenvalue weighted by molar-refractivity contribution is 5.91. The second-order valence-electron chi connectivity index (χ2n) is 18.6. The van der Waals surface area contributed by atoms with E-state index in [1.54, 1.807) is 7.05 Å². The first-order valence-electron chi connectivity index (χ1n) is 24.7. The van der Waals surface area contributed by atoms with Gasteiger partial charge in [-0.05, 0) is 85.1 Å². The molecule has 0 aliphatic rings. The summed E-state index contributed by atoms with van der Waals surface area (Å²) in [6.07, 6.45) is -29.1. The number of amides is 2. The summed E-state index contributed by atoms with van der Waals surface area (Å²) in [5.74, 6) is -2.92. The molecule has 0 fully saturated rings. The lowest BCUT2D eigenvalue weighted by Gasteiger charge is -2.33. The molecule has 30 heteroatoms. The highest BCUT2D eigenvalue weighted by Crippen LogP contribution is 2.16. The van der Waals surface area contributed by atoms with Crippen LogP contribution < -0.4 is 21.3 Å². The summed E-state index contributed by atoms with van der Waals surface area (Å²) >= 11 is 0. The van der Waals surface area contributed by atoms with Crippen LogP contribution in [0.4, 0.5) is 0 Å². The van der Waals surface area contributed by atoms with E-state index in [1.165, 1.54) is 16.8 Å². The maximum atomic E-state index is 13.7. The van der Waals surface area contributed by atoms with E-state index in [9.17, 15) is 101 Å². The van der Waals surface area contributed by atoms with E-state index in [0.717, 1.165) is 0 Å². The van der Waals surface area contributed by atoms with E-state index in [2.05, 4.69) is 21.3 Å². The van der Waals surface area contributed by atoms with Crippen LogP contribution in [0.3, 0.4) is 0 Å². The molecule has 0 aliphatic heterocycles. The molecule has 19 atom stereocenters. The molecule has 0 unspecified atom stereocenters. The van der Waals surface area contributed by atoms with Gasteiger partial charge in [0.25, 0.3) is 0 Å². The molecule has 0 spiro atoms. The van der Waals surface area contributed by atoms with Crippen molar-refractivity contribution in [2.75, 3.05) is 86.3 Å². The minimum absolute atomic E-state index is 0.0225. The van der Waals surface area contributed by atoms with Crippen LogP contribution in [0.2, 0.25) is 0 Å². The fourth-order valence-corrected chi connectivity index (χ4v) is 7.75. The summed E-state index contributed by atoms with van der Waals surface area (Å²) in [5, 5.41) is 221. The smallest absolute Gasteiger partial charge is 0.326 e. The van der Waals surface area contributed by atoms with Crippen LogP contribution in [0.1, 0.15) is 57.8 Å². The Morgan fingerprint density at radius 3 is 0.946 bits per heavy atom. The molecule has 440 valence electrons. The van der Waals surface area contributed by atoms with E-state index >= 15 is 0 Å². The highest BCUT2D eigenvalue weighted by atomic mass is 16.4. The topological polar surface area (TPSA) is 531 Å². The van der Waals surface area contributed by atoms with Crippen LogP contribution in [0.15, 0.2) is 0 Å². The average molecular weight is 1090 g/mol. The Bertz CT molecular complexity index is 1430. The number of rotatable bonds is 45. The number of hydrogen-bond acceptors (Lipinski definition) is 27. The number of carboxylic acid groups (broad SMARTS) is 1. The number of hydrogen-bond donors (Lipinski definition) is 25. The van der Waals surface area contributed by atoms with Crippen molar-refractivity contribution in [3.05, 3.63) is 0 Å². The average Bonchev–Trinajstić information content (AvgIpc) is 3.38. The highest BCUT2D eigenvalue weighted by Gasteiger charge is 2.37. The van der Waals surface area contributed by atoms with Gasteiger partial charge in [-0.15, -0.1) is 0 Å². The molecule has 25 N–H and O–H groups in total. The standard InChI is InChI=1S/C44H90N6O24/c1-45-12-6-3-10-24(47-42(71)23(46-2)9-4-7-13-49(15-26(55)34(63)38(67)30(59)19-51)16-27(56)35(64)39(68)31(60)20-52)43(72)48-25(44(73)74)11-5-8-14-50(17-28(57)36(65)40(69)32(61)21-53)18-29(58)37(66)41(70)33(62)22-54/h23-41,45-46,51-70H,3-22H2,1-2H3,(H,47,71)(H,48,72)(H,73,74)/t23-,24-,25-,26-,27-,28-,29-,30+,31+,32+,33+,34+,35+,36+,37+,38+,39+,40+,41+/m0/s1. The van der Waals surface area contributed by atoms with Gasteiger partial charge in [0.1, 0.15) is 85.3 Å². The maximum absolute atomic E-state index is 13.7. The van der Waals surface area contributed by atoms with Gasteiger partial charge in [0.2, 0.25) is 11.8 Å². The Morgan fingerprint density at radius 1 is 0.378 bits per heavy atom. The first kappa shape index (κ1) is 71.5. The molecule has 30 nitrogen and oxygen atoms in total. The number of aliphatic hydroxyl groups is 20. The van der Waals surface area contributed by atoms with Crippen LogP contribution in [-0.4, -0.2) is 337 Å². The van der Waals surface area contributed by atoms with Crippen LogP contribution in [0, 0.1) is 0 Å². The zero-order valence-corrected chi connectivity index (χ0v) is 42.1. The molecular formula is C44H90N6O24. The van der Waals surface area contributed by atoms with Crippen molar-refractivity contribution in [3.63, 3.8) is 0 Å². The number of carboxylic acids is 1. The molecular weight excluding hydrogens is 997 g/mol. The van der Waals surface area contributed by atoms with Crippen molar-refractivity contribution in [1.29, 1.82) is 0 Å². The Morgan fingerprint density at radius 2 is 0.649 bits per heavy atom. The summed E-state index contributed by atoms with van der Waals surface area (Å²) < 4.78 is 0. The van der Waals surface area contributed by atoms with E-state index in [-0.39, 0.29) is 58.0 Å². The summed E-state index contributed by atoms with van der Waals surface area (Å²) in [4.78, 5) is 42.3. The Hall–Kier alpha value is -2.55. The zero-order valence-electron chi connectivity index (χ0n) is 42.1. The van der Waals surface area contributed by atoms with Gasteiger partial charge in [0.15, 0.2) is 0 Å². The molecule has 0 bridgehead atoms. The molecule has 0 aromatic carbocycles. The van der Waals surface area contributed by atoms with Crippen LogP contribution in [-0.2, 0) is 14.4 Å². The van der Waals surface area contributed by atoms with Gasteiger partial charge in [-0.3, -0.25) is 19.4 Å². The van der Waals surface area contributed by atoms with Gasteiger partial charge in [-0.1, -0.05) is 6.42 Å². The molecule has 0 saturated heterocycles. The van der Waals surface area contributed by atoms with Gasteiger partial charge in [-0.25, -0.2) is 4.79 Å². The monoisotopic (exact) mass is 1090 g/mol. The number of likely N-dealkylation sites (N-methyl/N-ethyl adjacent to an activating group) is 1. The fourth-order valence-electron chi connectivity index (χ4n) is 7.75. The van der Waals surface area contributed by atoms with E-state index in [0.29, 0.717) is 19.4 Å². The van der Waals surface area contributed by atoms with Crippen molar-refractivity contribution >= 4 is 17.8 Å². The number of aliphatic hydroxyl groups excluding tert-OH is 20. The van der Waals surface area contributed by atoms with E-state index in [1.807, 2.05) is 0 Å². The predicted octanol–water partition coefficient (Wildman–Crippen LogP) is -12.3. The lowest BCUT2D eigenvalue weighted by Crippen LogP contribution is -2.55. The lowest BCUT2D eigenvalue weighted by atomic mass is 10.0. The first-order valence-corrected chi connectivity index (χ1v) is 24.7. The predicted molar refractivity (Wildman–Crippen MR) is 257 cm³/mol. The molecule has 0 radical (unpaired) electrons. The van der Waals surface area contributed by atoms with Crippen molar-refractivity contribution in [1.82, 2.24) is 31.1 Å². The Balaban J connectivity index is 6.05. The summed E-state index contributed by atoms with van der Waals surface area (Å²) in [5.41, 5.74) is 0. The molecule has 2 amide bonds. The largest absolute Gasteiger partial charge is 0.480 e. The quantitative estimate of drug-likeness (QED) is 0.0252. The minimum Gasteiger partial charge on any atom is -0.480 e. The molecule has 0 aliphatic carbocycles. The summed E-state index contributed by atoms with van der Waals surface area (Å²) in [7, 11) is 3.18. The maximum Gasteiger partial charge on any atom is 0.326 e. The number of unbranched alkanes of at least 4 members (excludes halogenated alkanes) is 3. The third-order valence-corrected chi connectivity index (χ3v) is 12.6. The number of carbonyl (C=O) groups excluding carboxylic acids is 2. The number of nitrogens with zero attached hydrogens (tertiary/aromatic N) is 2. The second-order valence-corrected chi connectivity index (χ2v) is 18.6.